The fourth-order valence-corrected chi connectivity index (χ4v) is 1.49. The van der Waals surface area contributed by atoms with Gasteiger partial charge in [0.05, 0.1) is 0 Å². The van der Waals surface area contributed by atoms with Crippen LogP contribution in [-0.4, -0.2) is 4.98 Å². The summed E-state index contributed by atoms with van der Waals surface area (Å²) in [6.07, 6.45) is 3.67. The molecule has 0 aliphatic heterocycles. The third-order valence-corrected chi connectivity index (χ3v) is 2.52. The molecule has 0 fully saturated rings. The summed E-state index contributed by atoms with van der Waals surface area (Å²) < 4.78 is 0. The predicted octanol–water partition coefficient (Wildman–Crippen LogP) is 2.25. The summed E-state index contributed by atoms with van der Waals surface area (Å²) in [5.74, 6) is 5.55. The number of hydrogen-bond acceptors (Lipinski definition) is 3. The van der Waals surface area contributed by atoms with Gasteiger partial charge in [0.25, 0.3) is 0 Å². The summed E-state index contributed by atoms with van der Waals surface area (Å²) in [4.78, 5) is 4.16. The molecule has 0 saturated heterocycles. The lowest BCUT2D eigenvalue weighted by Crippen LogP contribution is -2.28. The molecule has 1 rings (SSSR count). The average molecular weight is 205 g/mol. The molecule has 0 bridgehead atoms. The normalized spacial score (nSPS) is 12.5. The molecule has 3 nitrogen and oxygen atoms in total. The first-order valence-corrected chi connectivity index (χ1v) is 5.22. The van der Waals surface area contributed by atoms with E-state index in [1.165, 1.54) is 11.1 Å². The van der Waals surface area contributed by atoms with E-state index in [1.807, 2.05) is 25.3 Å². The Morgan fingerprint density at radius 2 is 2.40 bits per heavy atom. The molecule has 0 spiro atoms. The van der Waals surface area contributed by atoms with E-state index in [9.17, 15) is 0 Å². The highest BCUT2D eigenvalue weighted by Gasteiger charge is 2.10. The lowest BCUT2D eigenvalue weighted by atomic mass is 9.99. The van der Waals surface area contributed by atoms with Gasteiger partial charge in [-0.1, -0.05) is 19.1 Å². The Morgan fingerprint density at radius 1 is 1.67 bits per heavy atom. The molecule has 0 radical (unpaired) electrons. The smallest absolute Gasteiger partial charge is 0.0498 e. The molecule has 0 aliphatic rings. The topological polar surface area (TPSA) is 50.9 Å². The zero-order chi connectivity index (χ0) is 11.3. The molecular weight excluding hydrogens is 186 g/mol. The van der Waals surface area contributed by atoms with Gasteiger partial charge in [-0.05, 0) is 37.5 Å². The third-order valence-electron chi connectivity index (χ3n) is 2.52. The molecule has 1 aromatic heterocycles. The molecule has 1 aromatic rings. The maximum Gasteiger partial charge on any atom is 0.0498 e. The number of nitrogens with zero attached hydrogens (tertiary/aromatic N) is 1. The highest BCUT2D eigenvalue weighted by Crippen LogP contribution is 2.20. The van der Waals surface area contributed by atoms with E-state index in [1.54, 1.807) is 0 Å². The summed E-state index contributed by atoms with van der Waals surface area (Å²) in [5.41, 5.74) is 6.20. The van der Waals surface area contributed by atoms with Gasteiger partial charge in [-0.2, -0.15) is 0 Å². The van der Waals surface area contributed by atoms with Crippen molar-refractivity contribution in [1.82, 2.24) is 10.4 Å². The van der Waals surface area contributed by atoms with Gasteiger partial charge in [0.15, 0.2) is 0 Å². The van der Waals surface area contributed by atoms with E-state index in [4.69, 9.17) is 5.84 Å². The molecule has 1 atom stereocenters. The van der Waals surface area contributed by atoms with Crippen molar-refractivity contribution in [1.29, 1.82) is 0 Å². The Morgan fingerprint density at radius 3 is 2.93 bits per heavy atom. The quantitative estimate of drug-likeness (QED) is 0.440. The van der Waals surface area contributed by atoms with Crippen molar-refractivity contribution in [3.63, 3.8) is 0 Å². The Labute approximate surface area is 91.4 Å². The van der Waals surface area contributed by atoms with Gasteiger partial charge in [-0.3, -0.25) is 16.3 Å². The van der Waals surface area contributed by atoms with Crippen LogP contribution >= 0.6 is 0 Å². The molecular formula is C12H19N3. The molecule has 1 unspecified atom stereocenters. The molecule has 0 amide bonds. The standard InChI is InChI=1S/C12H19N3/c1-4-9(2)7-12(15-13)11-5-6-14-10(3)8-11/h5-6,8,12,15H,2,4,7,13H2,1,3H3. The number of hydrazine groups is 1. The second-order valence-corrected chi connectivity index (χ2v) is 3.76. The fourth-order valence-electron chi connectivity index (χ4n) is 1.49. The van der Waals surface area contributed by atoms with Gasteiger partial charge in [0.1, 0.15) is 0 Å². The average Bonchev–Trinajstić information content (AvgIpc) is 2.25. The van der Waals surface area contributed by atoms with Crippen LogP contribution in [0.5, 0.6) is 0 Å². The van der Waals surface area contributed by atoms with Gasteiger partial charge in [-0.15, -0.1) is 0 Å². The molecule has 3 N–H and O–H groups in total. The van der Waals surface area contributed by atoms with Crippen LogP contribution in [-0.2, 0) is 0 Å². The van der Waals surface area contributed by atoms with E-state index < -0.39 is 0 Å². The highest BCUT2D eigenvalue weighted by molar-refractivity contribution is 5.21. The minimum Gasteiger partial charge on any atom is -0.271 e. The molecule has 0 aliphatic carbocycles. The van der Waals surface area contributed by atoms with Gasteiger partial charge in [0, 0.05) is 17.9 Å². The monoisotopic (exact) mass is 205 g/mol. The second kappa shape index (κ2) is 5.63. The first kappa shape index (κ1) is 11.9. The van der Waals surface area contributed by atoms with E-state index in [0.29, 0.717) is 0 Å². The number of aryl methyl sites for hydroxylation is 1. The van der Waals surface area contributed by atoms with Crippen LogP contribution in [0.15, 0.2) is 30.5 Å². The summed E-state index contributed by atoms with van der Waals surface area (Å²) in [5, 5.41) is 0. The number of nitrogens with one attached hydrogen (secondary N) is 1. The molecule has 0 saturated carbocycles. The predicted molar refractivity (Wildman–Crippen MR) is 63.1 cm³/mol. The van der Waals surface area contributed by atoms with E-state index >= 15 is 0 Å². The number of aromatic nitrogens is 1. The minimum atomic E-state index is 0.138. The number of rotatable bonds is 5. The van der Waals surface area contributed by atoms with E-state index in [0.717, 1.165) is 18.5 Å². The summed E-state index contributed by atoms with van der Waals surface area (Å²) >= 11 is 0. The number of pyridine rings is 1. The Hall–Kier alpha value is -1.19. The third kappa shape index (κ3) is 3.46. The van der Waals surface area contributed by atoms with E-state index in [-0.39, 0.29) is 6.04 Å². The van der Waals surface area contributed by atoms with Crippen LogP contribution in [0, 0.1) is 6.92 Å². The first-order valence-electron chi connectivity index (χ1n) is 5.22. The van der Waals surface area contributed by atoms with Crippen LogP contribution in [0.25, 0.3) is 0 Å². The van der Waals surface area contributed by atoms with Gasteiger partial charge < -0.3 is 0 Å². The summed E-state index contributed by atoms with van der Waals surface area (Å²) in [6, 6.07) is 4.17. The summed E-state index contributed by atoms with van der Waals surface area (Å²) in [6.45, 7) is 8.08. The van der Waals surface area contributed by atoms with Crippen LogP contribution < -0.4 is 11.3 Å². The van der Waals surface area contributed by atoms with Crippen LogP contribution in [0.3, 0.4) is 0 Å². The van der Waals surface area contributed by atoms with Crippen LogP contribution in [0.1, 0.15) is 37.1 Å². The molecule has 3 heteroatoms. The molecule has 82 valence electrons. The zero-order valence-corrected chi connectivity index (χ0v) is 9.46. The van der Waals surface area contributed by atoms with Gasteiger partial charge >= 0.3 is 0 Å². The number of nitrogens with two attached hydrogens (primary N) is 1. The van der Waals surface area contributed by atoms with Crippen molar-refractivity contribution in [2.75, 3.05) is 0 Å². The van der Waals surface area contributed by atoms with Crippen molar-refractivity contribution < 1.29 is 0 Å². The largest absolute Gasteiger partial charge is 0.271 e. The van der Waals surface area contributed by atoms with E-state index in [2.05, 4.69) is 23.9 Å². The lowest BCUT2D eigenvalue weighted by Gasteiger charge is -2.17. The first-order chi connectivity index (χ1) is 7.17. The van der Waals surface area contributed by atoms with Crippen LogP contribution in [0.4, 0.5) is 0 Å². The van der Waals surface area contributed by atoms with Crippen molar-refractivity contribution >= 4 is 0 Å². The highest BCUT2D eigenvalue weighted by atomic mass is 15.2. The van der Waals surface area contributed by atoms with Crippen molar-refractivity contribution in [2.45, 2.75) is 32.7 Å². The maximum absolute atomic E-state index is 5.55. The Balaban J connectivity index is 2.78. The van der Waals surface area contributed by atoms with Crippen molar-refractivity contribution in [3.8, 4) is 0 Å². The molecule has 15 heavy (non-hydrogen) atoms. The van der Waals surface area contributed by atoms with Crippen LogP contribution in [0.2, 0.25) is 0 Å². The van der Waals surface area contributed by atoms with Crippen molar-refractivity contribution in [3.05, 3.63) is 41.7 Å². The number of hydrogen-bond donors (Lipinski definition) is 2. The maximum atomic E-state index is 5.55. The molecule has 0 aromatic carbocycles. The minimum absolute atomic E-state index is 0.138. The fraction of sp³-hybridized carbons (Fsp3) is 0.417. The van der Waals surface area contributed by atoms with Crippen molar-refractivity contribution in [2.24, 2.45) is 5.84 Å². The zero-order valence-electron chi connectivity index (χ0n) is 9.46. The van der Waals surface area contributed by atoms with Gasteiger partial charge in [0.2, 0.25) is 0 Å². The SMILES string of the molecule is C=C(CC)CC(NN)c1ccnc(C)c1. The summed E-state index contributed by atoms with van der Waals surface area (Å²) in [7, 11) is 0. The Bertz CT molecular complexity index is 333. The Kier molecular flexibility index (Phi) is 4.46. The van der Waals surface area contributed by atoms with Gasteiger partial charge in [-0.25, -0.2) is 0 Å². The second-order valence-electron chi connectivity index (χ2n) is 3.76. The lowest BCUT2D eigenvalue weighted by molar-refractivity contribution is 0.544. The molecule has 1 heterocycles.